The molecular weight excluding hydrogens is 232 g/mol. The molecule has 1 heterocycles. The molecule has 0 fully saturated rings. The smallest absolute Gasteiger partial charge is 0.234 e. The lowest BCUT2D eigenvalue weighted by atomic mass is 10.1. The van der Waals surface area contributed by atoms with Gasteiger partial charge < -0.3 is 10.6 Å². The first-order chi connectivity index (χ1) is 7.99. The van der Waals surface area contributed by atoms with Crippen molar-refractivity contribution >= 4 is 17.2 Å². The fourth-order valence-corrected chi connectivity index (χ4v) is 2.21. The molecule has 0 bridgehead atoms. The zero-order valence-corrected chi connectivity index (χ0v) is 11.9. The summed E-state index contributed by atoms with van der Waals surface area (Å²) in [5.74, 6) is 0.540. The molecule has 0 saturated carbocycles. The van der Waals surface area contributed by atoms with Gasteiger partial charge in [-0.3, -0.25) is 4.79 Å². The van der Waals surface area contributed by atoms with Crippen LogP contribution in [0.25, 0.3) is 0 Å². The van der Waals surface area contributed by atoms with Crippen LogP contribution in [0, 0.1) is 12.8 Å². The molecule has 0 aliphatic rings. The molecule has 0 saturated heterocycles. The van der Waals surface area contributed by atoms with Crippen LogP contribution in [0.2, 0.25) is 0 Å². The van der Waals surface area contributed by atoms with E-state index in [1.165, 1.54) is 9.75 Å². The van der Waals surface area contributed by atoms with E-state index in [9.17, 15) is 4.79 Å². The molecule has 3 nitrogen and oxygen atoms in total. The number of nitrogens with one attached hydrogen (secondary N) is 2. The number of hydrogen-bond donors (Lipinski definition) is 2. The van der Waals surface area contributed by atoms with Crippen molar-refractivity contribution in [2.75, 3.05) is 6.54 Å². The number of aryl methyl sites for hydroxylation is 1. The summed E-state index contributed by atoms with van der Waals surface area (Å²) in [5, 5.41) is 6.13. The summed E-state index contributed by atoms with van der Waals surface area (Å²) >= 11 is 1.76. The van der Waals surface area contributed by atoms with Gasteiger partial charge >= 0.3 is 0 Å². The molecule has 17 heavy (non-hydrogen) atoms. The summed E-state index contributed by atoms with van der Waals surface area (Å²) in [7, 11) is 0. The Labute approximate surface area is 108 Å². The number of thiophene rings is 1. The van der Waals surface area contributed by atoms with Gasteiger partial charge in [-0.05, 0) is 31.9 Å². The number of carbonyl (C=O) groups excluding carboxylic acids is 1. The van der Waals surface area contributed by atoms with Crippen molar-refractivity contribution in [2.45, 2.75) is 40.3 Å². The monoisotopic (exact) mass is 254 g/mol. The van der Waals surface area contributed by atoms with E-state index >= 15 is 0 Å². The first kappa shape index (κ1) is 14.2. The van der Waals surface area contributed by atoms with Gasteiger partial charge in [0.15, 0.2) is 0 Å². The predicted octanol–water partition coefficient (Wildman–Crippen LogP) is 2.31. The largest absolute Gasteiger partial charge is 0.352 e. The Kier molecular flexibility index (Phi) is 5.65. The van der Waals surface area contributed by atoms with E-state index in [2.05, 4.69) is 43.5 Å². The second-order valence-electron chi connectivity index (χ2n) is 4.72. The van der Waals surface area contributed by atoms with Crippen LogP contribution in [0.5, 0.6) is 0 Å². The van der Waals surface area contributed by atoms with Crippen LogP contribution >= 0.6 is 11.3 Å². The zero-order chi connectivity index (χ0) is 12.8. The van der Waals surface area contributed by atoms with Crippen LogP contribution in [0.4, 0.5) is 0 Å². The van der Waals surface area contributed by atoms with Crippen LogP contribution in [-0.4, -0.2) is 18.5 Å². The fraction of sp³-hybridized carbons (Fsp3) is 0.615. The van der Waals surface area contributed by atoms with Gasteiger partial charge in [-0.1, -0.05) is 13.8 Å². The van der Waals surface area contributed by atoms with Crippen LogP contribution < -0.4 is 10.6 Å². The van der Waals surface area contributed by atoms with Crippen molar-refractivity contribution in [3.63, 3.8) is 0 Å². The van der Waals surface area contributed by atoms with Crippen molar-refractivity contribution in [1.82, 2.24) is 10.6 Å². The van der Waals surface area contributed by atoms with Gasteiger partial charge in [0.2, 0.25) is 5.91 Å². The molecule has 0 spiro atoms. The molecule has 0 aromatic carbocycles. The minimum absolute atomic E-state index is 0.0690. The number of hydrogen-bond acceptors (Lipinski definition) is 3. The normalized spacial score (nSPS) is 12.8. The molecule has 4 heteroatoms. The molecule has 1 amide bonds. The molecule has 1 rings (SSSR count). The topological polar surface area (TPSA) is 41.1 Å². The Bertz CT molecular complexity index is 360. The number of carbonyl (C=O) groups is 1. The van der Waals surface area contributed by atoms with Crippen LogP contribution in [0.3, 0.4) is 0 Å². The molecule has 1 aromatic heterocycles. The summed E-state index contributed by atoms with van der Waals surface area (Å²) in [6, 6.07) is 4.43. The first-order valence-corrected chi connectivity index (χ1v) is 6.86. The Morgan fingerprint density at radius 2 is 2.06 bits per heavy atom. The van der Waals surface area contributed by atoms with Gasteiger partial charge in [0.1, 0.15) is 0 Å². The Morgan fingerprint density at radius 1 is 1.35 bits per heavy atom. The molecule has 2 N–H and O–H groups in total. The second-order valence-corrected chi connectivity index (χ2v) is 6.09. The third kappa shape index (κ3) is 5.33. The van der Waals surface area contributed by atoms with Crippen molar-refractivity contribution in [1.29, 1.82) is 0 Å². The van der Waals surface area contributed by atoms with Gasteiger partial charge in [-0.2, -0.15) is 0 Å². The molecule has 0 radical (unpaired) electrons. The van der Waals surface area contributed by atoms with E-state index in [4.69, 9.17) is 0 Å². The van der Waals surface area contributed by atoms with E-state index in [1.54, 1.807) is 11.3 Å². The van der Waals surface area contributed by atoms with Gasteiger partial charge in [0.05, 0.1) is 6.54 Å². The van der Waals surface area contributed by atoms with Crippen molar-refractivity contribution in [2.24, 2.45) is 5.92 Å². The summed E-state index contributed by atoms with van der Waals surface area (Å²) in [6.07, 6.45) is 0. The Balaban J connectivity index is 2.20. The fourth-order valence-electron chi connectivity index (χ4n) is 1.35. The van der Waals surface area contributed by atoms with Crippen LogP contribution in [-0.2, 0) is 11.3 Å². The lowest BCUT2D eigenvalue weighted by Crippen LogP contribution is -2.41. The molecular formula is C13H22N2OS. The first-order valence-electron chi connectivity index (χ1n) is 6.04. The summed E-state index contributed by atoms with van der Waals surface area (Å²) in [4.78, 5) is 14.2. The van der Waals surface area contributed by atoms with Crippen LogP contribution in [0.1, 0.15) is 30.5 Å². The Morgan fingerprint density at radius 3 is 2.59 bits per heavy atom. The third-order valence-corrected chi connectivity index (χ3v) is 3.77. The van der Waals surface area contributed by atoms with E-state index in [1.807, 2.05) is 6.92 Å². The van der Waals surface area contributed by atoms with Gasteiger partial charge in [-0.25, -0.2) is 0 Å². The SMILES string of the molecule is Cc1ccc(CNCC(=O)NC(C)C(C)C)s1. The van der Waals surface area contributed by atoms with E-state index in [0.717, 1.165) is 6.54 Å². The minimum Gasteiger partial charge on any atom is -0.352 e. The average molecular weight is 254 g/mol. The maximum Gasteiger partial charge on any atom is 0.234 e. The van der Waals surface area contributed by atoms with Gasteiger partial charge in [-0.15, -0.1) is 11.3 Å². The quantitative estimate of drug-likeness (QED) is 0.818. The summed E-state index contributed by atoms with van der Waals surface area (Å²) in [6.45, 7) is 9.48. The standard InChI is InChI=1S/C13H22N2OS/c1-9(2)11(4)15-13(16)8-14-7-12-6-5-10(3)17-12/h5-6,9,11,14H,7-8H2,1-4H3,(H,15,16). The van der Waals surface area contributed by atoms with Crippen molar-refractivity contribution in [3.05, 3.63) is 21.9 Å². The van der Waals surface area contributed by atoms with Gasteiger partial charge in [0.25, 0.3) is 0 Å². The zero-order valence-electron chi connectivity index (χ0n) is 11.0. The lowest BCUT2D eigenvalue weighted by molar-refractivity contribution is -0.121. The molecule has 1 unspecified atom stereocenters. The molecule has 96 valence electrons. The third-order valence-electron chi connectivity index (χ3n) is 2.77. The second kappa shape index (κ2) is 6.77. The van der Waals surface area contributed by atoms with Crippen molar-refractivity contribution in [3.8, 4) is 0 Å². The predicted molar refractivity (Wildman–Crippen MR) is 73.2 cm³/mol. The maximum atomic E-state index is 11.6. The average Bonchev–Trinajstić information content (AvgIpc) is 2.64. The highest BCUT2D eigenvalue weighted by molar-refractivity contribution is 7.11. The van der Waals surface area contributed by atoms with Crippen LogP contribution in [0.15, 0.2) is 12.1 Å². The highest BCUT2D eigenvalue weighted by atomic mass is 32.1. The van der Waals surface area contributed by atoms with E-state index in [-0.39, 0.29) is 11.9 Å². The maximum absolute atomic E-state index is 11.6. The molecule has 1 aromatic rings. The van der Waals surface area contributed by atoms with Crippen molar-refractivity contribution < 1.29 is 4.79 Å². The van der Waals surface area contributed by atoms with E-state index < -0.39 is 0 Å². The molecule has 0 aliphatic heterocycles. The minimum atomic E-state index is 0.0690. The number of amides is 1. The van der Waals surface area contributed by atoms with Gasteiger partial charge in [0, 0.05) is 22.3 Å². The number of rotatable bonds is 6. The highest BCUT2D eigenvalue weighted by Gasteiger charge is 2.10. The highest BCUT2D eigenvalue weighted by Crippen LogP contribution is 2.14. The summed E-state index contributed by atoms with van der Waals surface area (Å²) < 4.78 is 0. The molecule has 0 aliphatic carbocycles. The Hall–Kier alpha value is -0.870. The van der Waals surface area contributed by atoms with E-state index in [0.29, 0.717) is 12.5 Å². The molecule has 1 atom stereocenters. The summed E-state index contributed by atoms with van der Waals surface area (Å²) in [5.41, 5.74) is 0. The lowest BCUT2D eigenvalue weighted by Gasteiger charge is -2.17.